The van der Waals surface area contributed by atoms with E-state index in [1.54, 1.807) is 0 Å². The summed E-state index contributed by atoms with van der Waals surface area (Å²) >= 11 is 0. The topological polar surface area (TPSA) is 21.3 Å². The van der Waals surface area contributed by atoms with Gasteiger partial charge in [-0.25, -0.2) is 0 Å². The molecule has 0 spiro atoms. The predicted molar refractivity (Wildman–Crippen MR) is 86.0 cm³/mol. The molecule has 5 atom stereocenters. The lowest BCUT2D eigenvalue weighted by Crippen LogP contribution is -2.57. The van der Waals surface area contributed by atoms with Crippen molar-refractivity contribution in [1.29, 1.82) is 0 Å². The first-order valence-corrected chi connectivity index (χ1v) is 8.87. The molecule has 2 fully saturated rings. The van der Waals surface area contributed by atoms with Crippen molar-refractivity contribution in [2.75, 3.05) is 14.2 Å². The highest BCUT2D eigenvalue weighted by Crippen LogP contribution is 2.43. The van der Waals surface area contributed by atoms with Crippen LogP contribution in [0, 0.1) is 17.8 Å². The third-order valence-corrected chi connectivity index (χ3v) is 6.15. The Labute approximate surface area is 126 Å². The SMILES string of the molecule is CCC1CCCC(C(NC)C2(OC)CCCC(C)C2)C1. The molecule has 0 saturated heterocycles. The first-order valence-electron chi connectivity index (χ1n) is 8.87. The Kier molecular flexibility index (Phi) is 5.92. The smallest absolute Gasteiger partial charge is 0.0836 e. The van der Waals surface area contributed by atoms with E-state index in [9.17, 15) is 0 Å². The molecule has 0 aromatic heterocycles. The van der Waals surface area contributed by atoms with Gasteiger partial charge in [0, 0.05) is 13.2 Å². The van der Waals surface area contributed by atoms with Crippen molar-refractivity contribution in [3.05, 3.63) is 0 Å². The Hall–Kier alpha value is -0.0800. The fourth-order valence-corrected chi connectivity index (χ4v) is 5.07. The fraction of sp³-hybridized carbons (Fsp3) is 1.00. The minimum absolute atomic E-state index is 0.0900. The van der Waals surface area contributed by atoms with Crippen molar-refractivity contribution < 1.29 is 4.74 Å². The molecule has 1 N–H and O–H groups in total. The third kappa shape index (κ3) is 3.39. The highest BCUT2D eigenvalue weighted by molar-refractivity contribution is 5.00. The lowest BCUT2D eigenvalue weighted by atomic mass is 9.66. The van der Waals surface area contributed by atoms with Crippen molar-refractivity contribution in [1.82, 2.24) is 5.32 Å². The van der Waals surface area contributed by atoms with Gasteiger partial charge >= 0.3 is 0 Å². The zero-order valence-corrected chi connectivity index (χ0v) is 14.1. The largest absolute Gasteiger partial charge is 0.377 e. The normalized spacial score (nSPS) is 40.5. The van der Waals surface area contributed by atoms with Crippen LogP contribution in [0.2, 0.25) is 0 Å². The number of hydrogen-bond donors (Lipinski definition) is 1. The van der Waals surface area contributed by atoms with Crippen molar-refractivity contribution in [2.24, 2.45) is 17.8 Å². The average Bonchev–Trinajstić information content (AvgIpc) is 2.48. The van der Waals surface area contributed by atoms with E-state index in [1.165, 1.54) is 57.8 Å². The molecule has 0 bridgehead atoms. The Morgan fingerprint density at radius 1 is 1.25 bits per heavy atom. The summed E-state index contributed by atoms with van der Waals surface area (Å²) in [5.41, 5.74) is 0.0900. The van der Waals surface area contributed by atoms with Crippen LogP contribution < -0.4 is 5.32 Å². The second-order valence-electron chi connectivity index (χ2n) is 7.44. The predicted octanol–water partition coefficient (Wildman–Crippen LogP) is 4.39. The zero-order valence-electron chi connectivity index (χ0n) is 14.1. The molecule has 5 unspecified atom stereocenters. The van der Waals surface area contributed by atoms with Gasteiger partial charge in [0.1, 0.15) is 0 Å². The van der Waals surface area contributed by atoms with Gasteiger partial charge in [-0.1, -0.05) is 46.0 Å². The monoisotopic (exact) mass is 281 g/mol. The van der Waals surface area contributed by atoms with Crippen LogP contribution in [0.3, 0.4) is 0 Å². The van der Waals surface area contributed by atoms with E-state index in [0.29, 0.717) is 6.04 Å². The van der Waals surface area contributed by atoms with Gasteiger partial charge in [0.25, 0.3) is 0 Å². The van der Waals surface area contributed by atoms with Gasteiger partial charge in [-0.15, -0.1) is 0 Å². The number of rotatable bonds is 5. The van der Waals surface area contributed by atoms with Gasteiger partial charge in [0.15, 0.2) is 0 Å². The lowest BCUT2D eigenvalue weighted by Gasteiger charge is -2.49. The van der Waals surface area contributed by atoms with Gasteiger partial charge in [-0.2, -0.15) is 0 Å². The van der Waals surface area contributed by atoms with Crippen LogP contribution in [-0.4, -0.2) is 25.8 Å². The van der Waals surface area contributed by atoms with Crippen molar-refractivity contribution in [3.8, 4) is 0 Å². The minimum atomic E-state index is 0.0900. The molecule has 2 saturated carbocycles. The molecular weight excluding hydrogens is 246 g/mol. The van der Waals surface area contributed by atoms with Crippen LogP contribution in [0.25, 0.3) is 0 Å². The summed E-state index contributed by atoms with van der Waals surface area (Å²) in [6.07, 6.45) is 12.2. The Morgan fingerprint density at radius 3 is 2.65 bits per heavy atom. The van der Waals surface area contributed by atoms with Crippen LogP contribution in [0.1, 0.15) is 71.6 Å². The second-order valence-corrected chi connectivity index (χ2v) is 7.44. The quantitative estimate of drug-likeness (QED) is 0.807. The Morgan fingerprint density at radius 2 is 2.05 bits per heavy atom. The Bertz CT molecular complexity index is 293. The van der Waals surface area contributed by atoms with Crippen LogP contribution in [0.4, 0.5) is 0 Å². The number of nitrogens with one attached hydrogen (secondary N) is 1. The number of ether oxygens (including phenoxy) is 1. The highest BCUT2D eigenvalue weighted by Gasteiger charge is 2.45. The summed E-state index contributed by atoms with van der Waals surface area (Å²) in [4.78, 5) is 0. The van der Waals surface area contributed by atoms with E-state index in [4.69, 9.17) is 4.74 Å². The van der Waals surface area contributed by atoms with Crippen LogP contribution in [0.15, 0.2) is 0 Å². The average molecular weight is 281 g/mol. The van der Waals surface area contributed by atoms with Gasteiger partial charge in [0.2, 0.25) is 0 Å². The number of methoxy groups -OCH3 is 1. The highest BCUT2D eigenvalue weighted by atomic mass is 16.5. The molecule has 0 aromatic rings. The van der Waals surface area contributed by atoms with Crippen molar-refractivity contribution >= 4 is 0 Å². The van der Waals surface area contributed by atoms with E-state index in [1.807, 2.05) is 7.11 Å². The number of hydrogen-bond acceptors (Lipinski definition) is 2. The van der Waals surface area contributed by atoms with E-state index in [-0.39, 0.29) is 5.60 Å². The minimum Gasteiger partial charge on any atom is -0.377 e. The summed E-state index contributed by atoms with van der Waals surface area (Å²) in [5, 5.41) is 3.67. The van der Waals surface area contributed by atoms with Gasteiger partial charge in [-0.05, 0) is 50.5 Å². The maximum atomic E-state index is 6.16. The molecule has 20 heavy (non-hydrogen) atoms. The molecular formula is C18H35NO. The molecule has 2 heteroatoms. The van der Waals surface area contributed by atoms with Gasteiger partial charge < -0.3 is 10.1 Å². The van der Waals surface area contributed by atoms with Gasteiger partial charge in [-0.3, -0.25) is 0 Å². The van der Waals surface area contributed by atoms with Crippen LogP contribution >= 0.6 is 0 Å². The van der Waals surface area contributed by atoms with E-state index < -0.39 is 0 Å². The zero-order chi connectivity index (χ0) is 14.6. The second kappa shape index (κ2) is 7.26. The lowest BCUT2D eigenvalue weighted by molar-refractivity contribution is -0.0960. The molecule has 0 amide bonds. The molecule has 0 aromatic carbocycles. The van der Waals surface area contributed by atoms with E-state index >= 15 is 0 Å². The molecule has 2 aliphatic carbocycles. The molecule has 2 rings (SSSR count). The molecule has 0 aliphatic heterocycles. The Balaban J connectivity index is 2.12. The standard InChI is InChI=1S/C18H35NO/c1-5-15-9-6-10-16(12-15)17(19-3)18(20-4)11-7-8-14(2)13-18/h14-17,19H,5-13H2,1-4H3. The maximum absolute atomic E-state index is 6.16. The summed E-state index contributed by atoms with van der Waals surface area (Å²) < 4.78 is 6.16. The summed E-state index contributed by atoms with van der Waals surface area (Å²) in [6, 6.07) is 0.546. The molecule has 0 heterocycles. The van der Waals surface area contributed by atoms with Crippen LogP contribution in [0.5, 0.6) is 0 Å². The summed E-state index contributed by atoms with van der Waals surface area (Å²) in [6.45, 7) is 4.76. The first-order chi connectivity index (χ1) is 9.65. The van der Waals surface area contributed by atoms with Crippen LogP contribution in [-0.2, 0) is 4.74 Å². The molecule has 2 aliphatic rings. The molecule has 2 nitrogen and oxygen atoms in total. The van der Waals surface area contributed by atoms with Crippen molar-refractivity contribution in [3.63, 3.8) is 0 Å². The molecule has 0 radical (unpaired) electrons. The third-order valence-electron chi connectivity index (χ3n) is 6.15. The number of likely N-dealkylation sites (N-methyl/N-ethyl adjacent to an activating group) is 1. The van der Waals surface area contributed by atoms with E-state index in [0.717, 1.165) is 17.8 Å². The van der Waals surface area contributed by atoms with Gasteiger partial charge in [0.05, 0.1) is 5.60 Å². The first kappa shape index (κ1) is 16.3. The summed E-state index contributed by atoms with van der Waals surface area (Å²) in [7, 11) is 4.10. The van der Waals surface area contributed by atoms with E-state index in [2.05, 4.69) is 26.2 Å². The molecule has 118 valence electrons. The fourth-order valence-electron chi connectivity index (χ4n) is 5.07. The van der Waals surface area contributed by atoms with Crippen molar-refractivity contribution in [2.45, 2.75) is 83.3 Å². The summed E-state index contributed by atoms with van der Waals surface area (Å²) in [5.74, 6) is 2.56. The maximum Gasteiger partial charge on any atom is 0.0836 e.